The minimum atomic E-state index is -0.551. The predicted octanol–water partition coefficient (Wildman–Crippen LogP) is 4.27. The van der Waals surface area contributed by atoms with Gasteiger partial charge in [-0.2, -0.15) is 15.2 Å². The Balaban J connectivity index is 1.47. The van der Waals surface area contributed by atoms with Gasteiger partial charge in [0.25, 0.3) is 0 Å². The highest BCUT2D eigenvalue weighted by molar-refractivity contribution is 7.14. The Labute approximate surface area is 202 Å². The molecule has 11 heteroatoms. The Morgan fingerprint density at radius 2 is 1.68 bits per heavy atom. The van der Waals surface area contributed by atoms with E-state index in [-0.39, 0.29) is 11.4 Å². The first-order valence-electron chi connectivity index (χ1n) is 10.0. The maximum absolute atomic E-state index is 13.3. The number of carbonyl (C=O) groups excluding carboxylic acids is 2. The summed E-state index contributed by atoms with van der Waals surface area (Å²) in [6.07, 6.45) is 0. The van der Waals surface area contributed by atoms with Crippen LogP contribution in [0.25, 0.3) is 11.3 Å². The first-order valence-corrected chi connectivity index (χ1v) is 11.8. The van der Waals surface area contributed by atoms with Gasteiger partial charge in [0.2, 0.25) is 10.3 Å². The van der Waals surface area contributed by atoms with Crippen molar-refractivity contribution in [2.45, 2.75) is 0 Å². The number of hydrogen-bond donors (Lipinski definition) is 1. The Hall–Kier alpha value is -4.22. The molecule has 2 aromatic heterocycles. The van der Waals surface area contributed by atoms with E-state index in [0.717, 1.165) is 16.8 Å². The molecule has 168 valence electrons. The zero-order valence-corrected chi connectivity index (χ0v) is 19.3. The van der Waals surface area contributed by atoms with Gasteiger partial charge in [-0.05, 0) is 0 Å². The van der Waals surface area contributed by atoms with Gasteiger partial charge in [-0.25, -0.2) is 14.8 Å². The van der Waals surface area contributed by atoms with E-state index >= 15 is 0 Å². The summed E-state index contributed by atoms with van der Waals surface area (Å²) in [6.45, 7) is 0. The summed E-state index contributed by atoms with van der Waals surface area (Å²) in [6, 6.07) is 19.0. The van der Waals surface area contributed by atoms with Crippen molar-refractivity contribution in [2.75, 3.05) is 17.5 Å². The molecule has 9 nitrogen and oxygen atoms in total. The molecule has 3 heterocycles. The van der Waals surface area contributed by atoms with Gasteiger partial charge in [-0.15, -0.1) is 22.7 Å². The van der Waals surface area contributed by atoms with Crippen LogP contribution in [0, 0.1) is 0 Å². The van der Waals surface area contributed by atoms with E-state index in [1.807, 2.05) is 66.0 Å². The van der Waals surface area contributed by atoms with Gasteiger partial charge in [0, 0.05) is 21.9 Å². The van der Waals surface area contributed by atoms with Crippen LogP contribution in [0.3, 0.4) is 0 Å². The molecule has 0 fully saturated rings. The van der Waals surface area contributed by atoms with Gasteiger partial charge in [0.05, 0.1) is 12.8 Å². The predicted molar refractivity (Wildman–Crippen MR) is 133 cm³/mol. The molecule has 1 N–H and O–H groups in total. The van der Waals surface area contributed by atoms with Crippen LogP contribution in [-0.4, -0.2) is 40.4 Å². The average Bonchev–Trinajstić information content (AvgIpc) is 3.62. The molecule has 0 aliphatic carbocycles. The fourth-order valence-electron chi connectivity index (χ4n) is 3.15. The monoisotopic (exact) mass is 488 g/mol. The largest absolute Gasteiger partial charge is 0.464 e. The van der Waals surface area contributed by atoms with Crippen LogP contribution in [-0.2, 0) is 9.53 Å². The number of ether oxygens (including phenoxy) is 1. The van der Waals surface area contributed by atoms with Crippen LogP contribution in [0.4, 0.5) is 10.3 Å². The third-order valence-electron chi connectivity index (χ3n) is 4.77. The Morgan fingerprint density at radius 1 is 0.971 bits per heavy atom. The number of carbonyl (C=O) groups is 2. The molecule has 34 heavy (non-hydrogen) atoms. The Morgan fingerprint density at radius 3 is 2.38 bits per heavy atom. The van der Waals surface area contributed by atoms with Crippen molar-refractivity contribution in [3.05, 3.63) is 82.7 Å². The summed E-state index contributed by atoms with van der Waals surface area (Å²) in [5.74, 6) is -0.977. The lowest BCUT2D eigenvalue weighted by Crippen LogP contribution is -2.28. The van der Waals surface area contributed by atoms with Gasteiger partial charge in [-0.1, -0.05) is 60.7 Å². The van der Waals surface area contributed by atoms with Crippen molar-refractivity contribution in [2.24, 2.45) is 10.2 Å². The van der Waals surface area contributed by atoms with E-state index in [0.29, 0.717) is 16.0 Å². The molecule has 2 aromatic carbocycles. The second-order valence-electron chi connectivity index (χ2n) is 6.91. The zero-order valence-electron chi connectivity index (χ0n) is 17.7. The van der Waals surface area contributed by atoms with Crippen molar-refractivity contribution in [1.29, 1.82) is 0 Å². The molecule has 4 aromatic rings. The molecule has 0 bridgehead atoms. The number of hydrazone groups is 2. The molecule has 0 atom stereocenters. The second kappa shape index (κ2) is 9.33. The van der Waals surface area contributed by atoms with Gasteiger partial charge in [0.15, 0.2) is 11.4 Å². The molecule has 1 amide bonds. The number of nitrogens with zero attached hydrogens (tertiary/aromatic N) is 5. The van der Waals surface area contributed by atoms with Gasteiger partial charge in [-0.3, -0.25) is 10.2 Å². The minimum Gasteiger partial charge on any atom is -0.464 e. The standard InChI is InChI=1S/C23H16N6O3S2/c1-32-21(31)17-13-33-22(24-17)27-26-19-18(15-10-6-3-7-11-15)28-29(20(19)30)23-25-16(12-34-23)14-8-4-2-5-9-14/h2-13H,1H3,(H,24,27)/b26-19-. The molecular formula is C23H16N6O3S2. The van der Waals surface area contributed by atoms with Crippen LogP contribution >= 0.6 is 22.7 Å². The maximum atomic E-state index is 13.3. The fourth-order valence-corrected chi connectivity index (χ4v) is 4.55. The Kier molecular flexibility index (Phi) is 5.93. The number of aromatic nitrogens is 2. The van der Waals surface area contributed by atoms with Gasteiger partial charge >= 0.3 is 11.9 Å². The van der Waals surface area contributed by atoms with Crippen LogP contribution in [0.15, 0.2) is 81.6 Å². The molecule has 0 unspecified atom stereocenters. The summed E-state index contributed by atoms with van der Waals surface area (Å²) in [7, 11) is 1.28. The number of hydrogen-bond acceptors (Lipinski definition) is 10. The Bertz CT molecular complexity index is 1410. The van der Waals surface area contributed by atoms with Crippen LogP contribution in [0.1, 0.15) is 16.1 Å². The summed E-state index contributed by atoms with van der Waals surface area (Å²) in [5, 5.41) is 14.3. The summed E-state index contributed by atoms with van der Waals surface area (Å²) < 4.78 is 4.67. The number of thiazole rings is 2. The summed E-state index contributed by atoms with van der Waals surface area (Å²) in [5.41, 5.74) is 5.86. The summed E-state index contributed by atoms with van der Waals surface area (Å²) in [4.78, 5) is 33.7. The SMILES string of the molecule is COC(=O)c1csc(N/N=C2\C(=O)N(c3nc(-c4ccccc4)cs3)N=C2c2ccccc2)n1. The number of nitrogens with one attached hydrogen (secondary N) is 1. The van der Waals surface area contributed by atoms with Crippen LogP contribution in [0.2, 0.25) is 0 Å². The lowest BCUT2D eigenvalue weighted by molar-refractivity contribution is -0.112. The quantitative estimate of drug-likeness (QED) is 0.321. The fraction of sp³-hybridized carbons (Fsp3) is 0.0435. The molecule has 1 aliphatic rings. The molecule has 0 saturated heterocycles. The van der Waals surface area contributed by atoms with E-state index in [4.69, 9.17) is 0 Å². The minimum absolute atomic E-state index is 0.109. The number of benzene rings is 2. The molecule has 0 radical (unpaired) electrons. The first-order chi connectivity index (χ1) is 16.6. The molecule has 0 spiro atoms. The van der Waals surface area contributed by atoms with E-state index in [2.05, 4.69) is 30.3 Å². The smallest absolute Gasteiger partial charge is 0.357 e. The third-order valence-corrected chi connectivity index (χ3v) is 6.33. The zero-order chi connectivity index (χ0) is 23.5. The molecule has 5 rings (SSSR count). The van der Waals surface area contributed by atoms with Crippen molar-refractivity contribution in [3.63, 3.8) is 0 Å². The average molecular weight is 489 g/mol. The van der Waals surface area contributed by atoms with E-state index in [9.17, 15) is 9.59 Å². The molecule has 0 saturated carbocycles. The van der Waals surface area contributed by atoms with Gasteiger partial charge < -0.3 is 4.74 Å². The lowest BCUT2D eigenvalue weighted by Gasteiger charge is -2.06. The highest BCUT2D eigenvalue weighted by Gasteiger charge is 2.35. The second-order valence-corrected chi connectivity index (χ2v) is 8.61. The third kappa shape index (κ3) is 4.21. The van der Waals surface area contributed by atoms with E-state index in [1.165, 1.54) is 34.8 Å². The van der Waals surface area contributed by atoms with Crippen molar-refractivity contribution in [3.8, 4) is 11.3 Å². The molecule has 1 aliphatic heterocycles. The normalized spacial score (nSPS) is 14.4. The van der Waals surface area contributed by atoms with Crippen molar-refractivity contribution >= 4 is 56.2 Å². The number of rotatable bonds is 6. The first kappa shape index (κ1) is 21.6. The summed E-state index contributed by atoms with van der Waals surface area (Å²) >= 11 is 2.49. The van der Waals surface area contributed by atoms with Crippen molar-refractivity contribution in [1.82, 2.24) is 9.97 Å². The topological polar surface area (TPSA) is 109 Å². The number of methoxy groups -OCH3 is 1. The van der Waals surface area contributed by atoms with E-state index in [1.54, 1.807) is 5.38 Å². The lowest BCUT2D eigenvalue weighted by atomic mass is 10.1. The van der Waals surface area contributed by atoms with Gasteiger partial charge in [0.1, 0.15) is 5.71 Å². The highest BCUT2D eigenvalue weighted by atomic mass is 32.1. The molecular weight excluding hydrogens is 472 g/mol. The van der Waals surface area contributed by atoms with Crippen molar-refractivity contribution < 1.29 is 14.3 Å². The van der Waals surface area contributed by atoms with E-state index < -0.39 is 11.9 Å². The number of esters is 1. The number of amides is 1. The van der Waals surface area contributed by atoms with Crippen LogP contribution < -0.4 is 10.4 Å². The van der Waals surface area contributed by atoms with Crippen LogP contribution in [0.5, 0.6) is 0 Å². The maximum Gasteiger partial charge on any atom is 0.357 e. The highest BCUT2D eigenvalue weighted by Crippen LogP contribution is 2.30. The number of anilines is 2.